The number of nitrogens with zero attached hydrogens (tertiary/aromatic N) is 2. The fraction of sp³-hybridized carbons (Fsp3) is 0.409. The highest BCUT2D eigenvalue weighted by Crippen LogP contribution is 2.28. The van der Waals surface area contributed by atoms with E-state index in [0.29, 0.717) is 28.5 Å². The maximum absolute atomic E-state index is 12.9. The van der Waals surface area contributed by atoms with Crippen molar-refractivity contribution in [3.05, 3.63) is 41.2 Å². The minimum atomic E-state index is -1.42. The summed E-state index contributed by atoms with van der Waals surface area (Å²) in [5.74, 6) is 1.09. The molecule has 1 atom stereocenters. The number of hydrogen-bond donors (Lipinski definition) is 1. The quantitative estimate of drug-likeness (QED) is 0.357. The number of methoxy groups -OCH3 is 1. The number of aromatic nitrogens is 3. The number of imidazole rings is 1. The summed E-state index contributed by atoms with van der Waals surface area (Å²) in [6.45, 7) is 9.76. The zero-order valence-corrected chi connectivity index (χ0v) is 19.0. The summed E-state index contributed by atoms with van der Waals surface area (Å²) in [4.78, 5) is 24.0. The maximum atomic E-state index is 12.9. The van der Waals surface area contributed by atoms with Crippen LogP contribution in [0.1, 0.15) is 44.0 Å². The van der Waals surface area contributed by atoms with E-state index in [2.05, 4.69) is 15.0 Å². The molecule has 7 nitrogen and oxygen atoms in total. The van der Waals surface area contributed by atoms with Crippen LogP contribution in [0.4, 0.5) is 0 Å². The number of fused-ring (bicyclic) bond motifs is 1. The Morgan fingerprint density at radius 1 is 1.27 bits per heavy atom. The summed E-state index contributed by atoms with van der Waals surface area (Å²) in [6.07, 6.45) is 2.03. The molecule has 2 heterocycles. The first kappa shape index (κ1) is 22.1. The number of H-pyrrole nitrogens is 1. The van der Waals surface area contributed by atoms with Gasteiger partial charge in [-0.05, 0) is 31.4 Å². The number of hydrogen-bond acceptors (Lipinski definition) is 6. The predicted octanol–water partition coefficient (Wildman–Crippen LogP) is 4.23. The average molecular weight is 430 g/mol. The molecule has 0 amide bonds. The summed E-state index contributed by atoms with van der Waals surface area (Å²) >= 11 is -1.42. The fourth-order valence-corrected chi connectivity index (χ4v) is 4.24. The van der Waals surface area contributed by atoms with Crippen molar-refractivity contribution >= 4 is 28.2 Å². The largest absolute Gasteiger partial charge is 0.609 e. The molecule has 1 unspecified atom stereocenters. The van der Waals surface area contributed by atoms with E-state index in [1.807, 2.05) is 34.6 Å². The lowest BCUT2D eigenvalue weighted by Crippen LogP contribution is -2.17. The molecule has 3 rings (SSSR count). The van der Waals surface area contributed by atoms with Gasteiger partial charge in [0, 0.05) is 34.6 Å². The monoisotopic (exact) mass is 429 g/mol. The van der Waals surface area contributed by atoms with E-state index in [1.165, 1.54) is 0 Å². The van der Waals surface area contributed by atoms with Gasteiger partial charge >= 0.3 is 11.1 Å². The highest BCUT2D eigenvalue weighted by molar-refractivity contribution is 7.90. The number of benzene rings is 1. The van der Waals surface area contributed by atoms with Gasteiger partial charge in [-0.2, -0.15) is 4.98 Å². The van der Waals surface area contributed by atoms with Crippen LogP contribution in [0.2, 0.25) is 0 Å². The van der Waals surface area contributed by atoms with E-state index >= 15 is 0 Å². The number of nitrogens with one attached hydrogen (secondary N) is 1. The molecule has 160 valence electrons. The maximum Gasteiger partial charge on any atom is 0.322 e. The first-order valence-electron chi connectivity index (χ1n) is 9.65. The van der Waals surface area contributed by atoms with Crippen molar-refractivity contribution in [3.63, 3.8) is 0 Å². The molecule has 30 heavy (non-hydrogen) atoms. The number of aryl methyl sites for hydroxylation is 1. The molecule has 2 aromatic heterocycles. The molecule has 0 aliphatic rings. The molecule has 1 aromatic carbocycles. The van der Waals surface area contributed by atoms with Crippen molar-refractivity contribution < 1.29 is 18.8 Å². The lowest BCUT2D eigenvalue weighted by Gasteiger charge is -2.16. The Labute approximate surface area is 179 Å². The third-order valence-corrected chi connectivity index (χ3v) is 5.73. The van der Waals surface area contributed by atoms with Crippen LogP contribution in [0.3, 0.4) is 0 Å². The lowest BCUT2D eigenvalue weighted by molar-refractivity contribution is -0.136. The van der Waals surface area contributed by atoms with Crippen molar-refractivity contribution in [2.45, 2.75) is 51.9 Å². The molecule has 0 fully saturated rings. The Kier molecular flexibility index (Phi) is 6.38. The molecular weight excluding hydrogens is 402 g/mol. The van der Waals surface area contributed by atoms with Crippen molar-refractivity contribution in [2.75, 3.05) is 7.11 Å². The van der Waals surface area contributed by atoms with E-state index in [9.17, 15) is 9.35 Å². The standard InChI is InChI=1S/C22H27N3O4S/c1-13-11-23-18(14(2)20(13)28-6)12-30(27)21-24-16-8-7-15(9-17(16)25-21)29-19(26)10-22(3,4)5/h7-9,11H,10,12H2,1-6H3,(H,24,25). The summed E-state index contributed by atoms with van der Waals surface area (Å²) in [6, 6.07) is 5.14. The number of aromatic amines is 1. The van der Waals surface area contributed by atoms with Crippen LogP contribution in [-0.4, -0.2) is 32.6 Å². The Morgan fingerprint density at radius 3 is 2.67 bits per heavy atom. The highest BCUT2D eigenvalue weighted by atomic mass is 32.2. The summed E-state index contributed by atoms with van der Waals surface area (Å²) < 4.78 is 23.7. The molecule has 0 spiro atoms. The summed E-state index contributed by atoms with van der Waals surface area (Å²) in [7, 11) is 1.61. The zero-order valence-electron chi connectivity index (χ0n) is 18.2. The van der Waals surface area contributed by atoms with Gasteiger partial charge in [-0.25, -0.2) is 0 Å². The van der Waals surface area contributed by atoms with Crippen LogP contribution >= 0.6 is 0 Å². The fourth-order valence-electron chi connectivity index (χ4n) is 3.14. The number of rotatable bonds is 6. The van der Waals surface area contributed by atoms with Crippen molar-refractivity contribution in [2.24, 2.45) is 5.41 Å². The molecule has 0 bridgehead atoms. The average Bonchev–Trinajstić information content (AvgIpc) is 3.06. The third-order valence-electron chi connectivity index (χ3n) is 4.57. The number of carbonyl (C=O) groups excluding carboxylic acids is 1. The Bertz CT molecular complexity index is 1070. The van der Waals surface area contributed by atoms with Gasteiger partial charge < -0.3 is 14.0 Å². The van der Waals surface area contributed by atoms with Gasteiger partial charge in [0.2, 0.25) is 0 Å². The molecule has 1 N–H and O–H groups in total. The van der Waals surface area contributed by atoms with Crippen LogP contribution in [-0.2, 0) is 21.7 Å². The minimum Gasteiger partial charge on any atom is -0.609 e. The summed E-state index contributed by atoms with van der Waals surface area (Å²) in [5, 5.41) is 0.351. The van der Waals surface area contributed by atoms with Gasteiger partial charge in [0.05, 0.1) is 30.3 Å². The van der Waals surface area contributed by atoms with Gasteiger partial charge in [0.1, 0.15) is 11.5 Å². The SMILES string of the molecule is COc1c(C)cnc(C[S+]([O-])c2nc3cc(OC(=O)CC(C)(C)C)ccc3[nH]2)c1C. The molecule has 3 aromatic rings. The molecule has 0 saturated heterocycles. The first-order valence-corrected chi connectivity index (χ1v) is 11.0. The number of carbonyl (C=O) groups is 1. The van der Waals surface area contributed by atoms with Gasteiger partial charge in [0.15, 0.2) is 5.75 Å². The smallest absolute Gasteiger partial charge is 0.322 e. The van der Waals surface area contributed by atoms with E-state index in [1.54, 1.807) is 31.5 Å². The van der Waals surface area contributed by atoms with Gasteiger partial charge in [-0.3, -0.25) is 14.8 Å². The molecule has 8 heteroatoms. The lowest BCUT2D eigenvalue weighted by atomic mass is 9.92. The third kappa shape index (κ3) is 5.12. The second-order valence-electron chi connectivity index (χ2n) is 8.47. The van der Waals surface area contributed by atoms with E-state index in [4.69, 9.17) is 9.47 Å². The van der Waals surface area contributed by atoms with Gasteiger partial charge in [-0.1, -0.05) is 20.8 Å². The second kappa shape index (κ2) is 8.65. The van der Waals surface area contributed by atoms with Crippen molar-refractivity contribution in [1.29, 1.82) is 0 Å². The van der Waals surface area contributed by atoms with Crippen LogP contribution in [0, 0.1) is 19.3 Å². The topological polar surface area (TPSA) is 100 Å². The number of ether oxygens (including phenoxy) is 2. The normalized spacial score (nSPS) is 12.8. The molecular formula is C22H27N3O4S. The number of pyridine rings is 1. The summed E-state index contributed by atoms with van der Waals surface area (Å²) in [5.41, 5.74) is 3.66. The second-order valence-corrected chi connectivity index (χ2v) is 9.83. The van der Waals surface area contributed by atoms with E-state index in [0.717, 1.165) is 22.4 Å². The van der Waals surface area contributed by atoms with Crippen LogP contribution in [0.15, 0.2) is 29.6 Å². The van der Waals surface area contributed by atoms with E-state index in [-0.39, 0.29) is 17.1 Å². The Hall–Kier alpha value is -2.58. The molecule has 0 saturated carbocycles. The molecule has 0 aliphatic carbocycles. The van der Waals surface area contributed by atoms with Crippen LogP contribution < -0.4 is 9.47 Å². The molecule has 0 aliphatic heterocycles. The van der Waals surface area contributed by atoms with Crippen molar-refractivity contribution in [1.82, 2.24) is 15.0 Å². The number of esters is 1. The van der Waals surface area contributed by atoms with Crippen molar-refractivity contribution in [3.8, 4) is 11.5 Å². The van der Waals surface area contributed by atoms with Gasteiger partial charge in [-0.15, -0.1) is 0 Å². The van der Waals surface area contributed by atoms with Crippen LogP contribution in [0.5, 0.6) is 11.5 Å². The Morgan fingerprint density at radius 2 is 2.00 bits per heavy atom. The Balaban J connectivity index is 1.78. The van der Waals surface area contributed by atoms with Crippen LogP contribution in [0.25, 0.3) is 11.0 Å². The minimum absolute atomic E-state index is 0.150. The highest BCUT2D eigenvalue weighted by Gasteiger charge is 2.22. The van der Waals surface area contributed by atoms with Gasteiger partial charge in [0.25, 0.3) is 0 Å². The first-order chi connectivity index (χ1) is 14.1. The zero-order chi connectivity index (χ0) is 22.1. The van der Waals surface area contributed by atoms with E-state index < -0.39 is 11.2 Å². The molecule has 0 radical (unpaired) electrons. The predicted molar refractivity (Wildman–Crippen MR) is 116 cm³/mol.